The van der Waals surface area contributed by atoms with Gasteiger partial charge in [-0.1, -0.05) is 0 Å². The number of hydrogen-bond acceptors (Lipinski definition) is 9. The van der Waals surface area contributed by atoms with Crippen molar-refractivity contribution in [3.05, 3.63) is 18.1 Å². The first-order chi connectivity index (χ1) is 15.8. The fraction of sp³-hybridized carbons (Fsp3) is 0.667. The van der Waals surface area contributed by atoms with Crippen LogP contribution in [0.3, 0.4) is 0 Å². The molecule has 0 aliphatic carbocycles. The predicted molar refractivity (Wildman–Crippen MR) is 127 cm³/mol. The number of aromatic nitrogens is 3. The summed E-state index contributed by atoms with van der Waals surface area (Å²) in [5.74, 6) is 0.250. The van der Waals surface area contributed by atoms with Gasteiger partial charge in [0.15, 0.2) is 5.82 Å². The molecule has 2 aliphatic rings. The Balaban J connectivity index is 1.64. The van der Waals surface area contributed by atoms with E-state index in [1.165, 1.54) is 10.6 Å². The van der Waals surface area contributed by atoms with Crippen LogP contribution in [0, 0.1) is 0 Å². The van der Waals surface area contributed by atoms with Gasteiger partial charge in [0.1, 0.15) is 23.0 Å². The number of nitrogen functional groups attached to an aromatic ring is 1. The molecule has 2 aromatic rings. The van der Waals surface area contributed by atoms with Crippen molar-refractivity contribution in [3.8, 4) is 0 Å². The molecule has 1 unspecified atom stereocenters. The number of β-amino-alcohol motifs (C(OH)–C–C–N with tert-alkyl or cyclic N) is 1. The van der Waals surface area contributed by atoms with Crippen LogP contribution >= 0.6 is 0 Å². The van der Waals surface area contributed by atoms with Crippen molar-refractivity contribution in [1.82, 2.24) is 24.2 Å². The predicted octanol–water partition coefficient (Wildman–Crippen LogP) is 0.658. The summed E-state index contributed by atoms with van der Waals surface area (Å²) in [5.41, 5.74) is 5.95. The van der Waals surface area contributed by atoms with Crippen molar-refractivity contribution < 1.29 is 23.1 Å². The summed E-state index contributed by atoms with van der Waals surface area (Å²) in [6.07, 6.45) is 3.83. The third kappa shape index (κ3) is 4.91. The third-order valence-electron chi connectivity index (χ3n) is 6.20. The minimum atomic E-state index is -3.44. The van der Waals surface area contributed by atoms with E-state index < -0.39 is 27.3 Å². The van der Waals surface area contributed by atoms with Crippen molar-refractivity contribution >= 4 is 33.1 Å². The minimum absolute atomic E-state index is 0.0654. The lowest BCUT2D eigenvalue weighted by Crippen LogP contribution is -2.49. The zero-order valence-electron chi connectivity index (χ0n) is 20.0. The van der Waals surface area contributed by atoms with Gasteiger partial charge in [0, 0.05) is 32.2 Å². The highest BCUT2D eigenvalue weighted by Crippen LogP contribution is 2.39. The van der Waals surface area contributed by atoms with E-state index in [-0.39, 0.29) is 31.4 Å². The molecule has 0 radical (unpaired) electrons. The number of anilines is 2. The molecular weight excluding hydrogens is 462 g/mol. The van der Waals surface area contributed by atoms with Crippen LogP contribution in [0.1, 0.15) is 45.7 Å². The molecule has 0 bridgehead atoms. The van der Waals surface area contributed by atoms with Crippen molar-refractivity contribution in [2.75, 3.05) is 43.1 Å². The van der Waals surface area contributed by atoms with Gasteiger partial charge in [-0.05, 0) is 46.1 Å². The highest BCUT2D eigenvalue weighted by molar-refractivity contribution is 7.88. The Morgan fingerprint density at radius 3 is 2.74 bits per heavy atom. The number of sulfonamides is 1. The quantitative estimate of drug-likeness (QED) is 0.554. The van der Waals surface area contributed by atoms with Gasteiger partial charge in [-0.3, -0.25) is 0 Å². The molecule has 4 N–H and O–H groups in total. The van der Waals surface area contributed by atoms with Gasteiger partial charge >= 0.3 is 6.09 Å². The smallest absolute Gasteiger partial charge is 0.407 e. The highest BCUT2D eigenvalue weighted by atomic mass is 32.2. The number of alkyl carbamates (subject to hydrolysis) is 1. The summed E-state index contributed by atoms with van der Waals surface area (Å²) < 4.78 is 32.3. The number of rotatable bonds is 4. The van der Waals surface area contributed by atoms with E-state index in [9.17, 15) is 18.3 Å². The first-order valence-electron chi connectivity index (χ1n) is 11.3. The van der Waals surface area contributed by atoms with Crippen LogP contribution in [0.15, 0.2) is 12.4 Å². The lowest BCUT2D eigenvalue weighted by Gasteiger charge is -2.34. The summed E-state index contributed by atoms with van der Waals surface area (Å²) in [7, 11) is -3.44. The lowest BCUT2D eigenvalue weighted by molar-refractivity contribution is 0.0468. The molecule has 0 spiro atoms. The molecule has 0 saturated carbocycles. The van der Waals surface area contributed by atoms with Crippen molar-refractivity contribution in [1.29, 1.82) is 0 Å². The Bertz CT molecular complexity index is 1190. The number of carbonyl (C=O) groups is 1. The van der Waals surface area contributed by atoms with Crippen LogP contribution < -0.4 is 16.0 Å². The Kier molecular flexibility index (Phi) is 6.15. The van der Waals surface area contributed by atoms with E-state index in [2.05, 4.69) is 20.3 Å². The van der Waals surface area contributed by atoms with E-state index >= 15 is 0 Å². The number of carbonyl (C=O) groups excluding carboxylic acids is 1. The molecule has 4 heterocycles. The number of hydrogen-bond donors (Lipinski definition) is 3. The molecule has 2 aliphatic heterocycles. The molecule has 1 amide bonds. The van der Waals surface area contributed by atoms with Gasteiger partial charge in [0.25, 0.3) is 0 Å². The van der Waals surface area contributed by atoms with E-state index in [1.807, 2.05) is 26.8 Å². The third-order valence-corrected chi connectivity index (χ3v) is 7.45. The van der Waals surface area contributed by atoms with Crippen LogP contribution in [-0.4, -0.2) is 82.6 Å². The van der Waals surface area contributed by atoms with Crippen LogP contribution in [0.5, 0.6) is 0 Å². The summed E-state index contributed by atoms with van der Waals surface area (Å²) in [6.45, 7) is 6.82. The second-order valence-electron chi connectivity index (χ2n) is 10.1. The van der Waals surface area contributed by atoms with Gasteiger partial charge in [-0.25, -0.2) is 22.7 Å². The Morgan fingerprint density at radius 2 is 2.09 bits per heavy atom. The fourth-order valence-corrected chi connectivity index (χ4v) is 5.53. The van der Waals surface area contributed by atoms with Crippen LogP contribution in [-0.2, 0) is 20.4 Å². The summed E-state index contributed by atoms with van der Waals surface area (Å²) >= 11 is 0. The summed E-state index contributed by atoms with van der Waals surface area (Å²) in [4.78, 5) is 18.5. The minimum Gasteiger partial charge on any atom is -0.444 e. The van der Waals surface area contributed by atoms with Crippen molar-refractivity contribution in [2.24, 2.45) is 0 Å². The molecule has 2 saturated heterocycles. The first-order valence-corrected chi connectivity index (χ1v) is 13.2. The van der Waals surface area contributed by atoms with Crippen LogP contribution in [0.2, 0.25) is 0 Å². The summed E-state index contributed by atoms with van der Waals surface area (Å²) in [6, 6.07) is 1.67. The van der Waals surface area contributed by atoms with Gasteiger partial charge in [0.05, 0.1) is 17.6 Å². The lowest BCUT2D eigenvalue weighted by atomic mass is 9.99. The number of aliphatic hydroxyl groups is 1. The van der Waals surface area contributed by atoms with Gasteiger partial charge in [0.2, 0.25) is 10.0 Å². The standard InChI is InChI=1S/C21H33N7O5S/c1-20(2,3)33-19(29)25-14-6-5-8-26(11-14)15-10-16(28-17(15)18(22)23-13-24-28)21(30)7-9-27(12-21)34(4,31)32/h10,13-14,30H,5-9,11-12H2,1-4H3,(H,25,29)(H2,22,23,24)/t14-,21?/m1/s1. The molecule has 13 heteroatoms. The van der Waals surface area contributed by atoms with Gasteiger partial charge in [-0.2, -0.15) is 9.40 Å². The highest BCUT2D eigenvalue weighted by Gasteiger charge is 2.44. The van der Waals surface area contributed by atoms with Crippen molar-refractivity contribution in [2.45, 2.75) is 57.3 Å². The Hall–Kier alpha value is -2.64. The molecule has 34 heavy (non-hydrogen) atoms. The van der Waals surface area contributed by atoms with Crippen molar-refractivity contribution in [3.63, 3.8) is 0 Å². The molecule has 2 fully saturated rings. The van der Waals surface area contributed by atoms with E-state index in [1.54, 1.807) is 4.52 Å². The zero-order valence-corrected chi connectivity index (χ0v) is 20.8. The normalized spacial score (nSPS) is 24.5. The Morgan fingerprint density at radius 1 is 1.35 bits per heavy atom. The number of piperidine rings is 1. The first kappa shape index (κ1) is 24.5. The zero-order chi connectivity index (χ0) is 24.9. The number of fused-ring (bicyclic) bond motifs is 1. The molecule has 12 nitrogen and oxygen atoms in total. The fourth-order valence-electron chi connectivity index (χ4n) is 4.66. The molecule has 2 aromatic heterocycles. The summed E-state index contributed by atoms with van der Waals surface area (Å²) in [5, 5.41) is 18.7. The maximum Gasteiger partial charge on any atom is 0.407 e. The van der Waals surface area contributed by atoms with E-state index in [0.29, 0.717) is 24.3 Å². The number of nitrogens with one attached hydrogen (secondary N) is 1. The average molecular weight is 496 g/mol. The maximum absolute atomic E-state index is 12.3. The monoisotopic (exact) mass is 495 g/mol. The van der Waals surface area contributed by atoms with Crippen LogP contribution in [0.25, 0.3) is 5.52 Å². The average Bonchev–Trinajstić information content (AvgIpc) is 3.30. The van der Waals surface area contributed by atoms with Gasteiger partial charge < -0.3 is 25.8 Å². The number of amides is 1. The Labute approximate surface area is 199 Å². The second-order valence-corrected chi connectivity index (χ2v) is 12.1. The topological polar surface area (TPSA) is 155 Å². The number of nitrogens with zero attached hydrogens (tertiary/aromatic N) is 5. The largest absolute Gasteiger partial charge is 0.444 e. The molecular formula is C21H33N7O5S. The second kappa shape index (κ2) is 8.54. The SMILES string of the molecule is CC(C)(C)OC(=O)N[C@@H]1CCCN(c2cc(C3(O)CCN(S(C)(=O)=O)C3)n3ncnc(N)c23)C1. The molecule has 0 aromatic carbocycles. The number of ether oxygens (including phenoxy) is 1. The van der Waals surface area contributed by atoms with Crippen LogP contribution in [0.4, 0.5) is 16.3 Å². The van der Waals surface area contributed by atoms with Gasteiger partial charge in [-0.15, -0.1) is 0 Å². The maximum atomic E-state index is 12.3. The number of nitrogens with two attached hydrogens (primary N) is 1. The van der Waals surface area contributed by atoms with E-state index in [4.69, 9.17) is 10.5 Å². The molecule has 2 atom stereocenters. The molecule has 188 valence electrons. The van der Waals surface area contributed by atoms with E-state index in [0.717, 1.165) is 24.8 Å². The molecule has 4 rings (SSSR count).